The lowest BCUT2D eigenvalue weighted by Crippen LogP contribution is -2.53. The third-order valence-electron chi connectivity index (χ3n) is 4.65. The van der Waals surface area contributed by atoms with Gasteiger partial charge in [0, 0.05) is 37.5 Å². The summed E-state index contributed by atoms with van der Waals surface area (Å²) in [7, 11) is 0. The Morgan fingerprint density at radius 3 is 2.38 bits per heavy atom. The number of piperidine rings is 1. The largest absolute Gasteiger partial charge is 0.478 e. The van der Waals surface area contributed by atoms with E-state index in [1.54, 1.807) is 24.3 Å². The second kappa shape index (κ2) is 8.39. The molecule has 0 atom stereocenters. The van der Waals surface area contributed by atoms with Gasteiger partial charge in [0.2, 0.25) is 5.60 Å². The van der Waals surface area contributed by atoms with Crippen LogP contribution in [0.2, 0.25) is 5.02 Å². The van der Waals surface area contributed by atoms with Crippen molar-refractivity contribution in [2.24, 2.45) is 0 Å². The van der Waals surface area contributed by atoms with Crippen molar-refractivity contribution < 1.29 is 14.6 Å². The number of nitrogens with zero attached hydrogens (tertiary/aromatic N) is 1. The van der Waals surface area contributed by atoms with Gasteiger partial charge in [-0.2, -0.15) is 0 Å². The van der Waals surface area contributed by atoms with Crippen molar-refractivity contribution in [2.45, 2.75) is 18.4 Å². The van der Waals surface area contributed by atoms with E-state index in [1.807, 2.05) is 18.2 Å². The van der Waals surface area contributed by atoms with E-state index in [0.29, 0.717) is 36.7 Å². The summed E-state index contributed by atoms with van der Waals surface area (Å²) < 4.78 is 5.88. The first kappa shape index (κ1) is 18.5. The van der Waals surface area contributed by atoms with Crippen LogP contribution >= 0.6 is 11.6 Å². The van der Waals surface area contributed by atoms with Gasteiger partial charge in [-0.15, -0.1) is 0 Å². The molecule has 0 unspecified atom stereocenters. The molecule has 26 heavy (non-hydrogen) atoms. The first-order chi connectivity index (χ1) is 12.6. The molecule has 136 valence electrons. The molecule has 1 aliphatic rings. The van der Waals surface area contributed by atoms with Gasteiger partial charge in [0.25, 0.3) is 0 Å². The van der Waals surface area contributed by atoms with Gasteiger partial charge in [0.1, 0.15) is 5.75 Å². The van der Waals surface area contributed by atoms with E-state index in [4.69, 9.17) is 16.3 Å². The molecular formula is C21H22ClNO3. The summed E-state index contributed by atoms with van der Waals surface area (Å²) in [5.41, 5.74) is -0.0107. The van der Waals surface area contributed by atoms with E-state index in [1.165, 1.54) is 0 Å². The second-order valence-electron chi connectivity index (χ2n) is 6.47. The summed E-state index contributed by atoms with van der Waals surface area (Å²) in [6.07, 6.45) is 5.10. The van der Waals surface area contributed by atoms with Crippen LogP contribution in [0.5, 0.6) is 5.75 Å². The number of benzene rings is 2. The molecule has 0 aromatic heterocycles. The van der Waals surface area contributed by atoms with Gasteiger partial charge in [0.15, 0.2) is 0 Å². The van der Waals surface area contributed by atoms with Crippen LogP contribution in [-0.4, -0.2) is 41.2 Å². The highest BCUT2D eigenvalue weighted by Crippen LogP contribution is 2.30. The van der Waals surface area contributed by atoms with Gasteiger partial charge in [-0.3, -0.25) is 4.90 Å². The zero-order valence-corrected chi connectivity index (χ0v) is 15.2. The predicted molar refractivity (Wildman–Crippen MR) is 104 cm³/mol. The van der Waals surface area contributed by atoms with Crippen LogP contribution in [-0.2, 0) is 4.79 Å². The van der Waals surface area contributed by atoms with Crippen molar-refractivity contribution in [1.82, 2.24) is 4.90 Å². The number of carboxylic acids is 1. The molecule has 5 heteroatoms. The Hall–Kier alpha value is -2.30. The quantitative estimate of drug-likeness (QED) is 0.820. The molecule has 0 saturated carbocycles. The van der Waals surface area contributed by atoms with Gasteiger partial charge in [-0.25, -0.2) is 4.79 Å². The van der Waals surface area contributed by atoms with Gasteiger partial charge in [-0.1, -0.05) is 54.1 Å². The number of carboxylic acid groups (broad SMARTS) is 1. The van der Waals surface area contributed by atoms with E-state index < -0.39 is 11.6 Å². The minimum atomic E-state index is -1.17. The number of likely N-dealkylation sites (tertiary alicyclic amines) is 1. The molecule has 0 amide bonds. The van der Waals surface area contributed by atoms with Gasteiger partial charge < -0.3 is 9.84 Å². The fourth-order valence-corrected chi connectivity index (χ4v) is 3.21. The number of carbonyl (C=O) groups is 1. The van der Waals surface area contributed by atoms with Crippen LogP contribution < -0.4 is 4.74 Å². The van der Waals surface area contributed by atoms with Crippen molar-refractivity contribution in [1.29, 1.82) is 0 Å². The summed E-state index contributed by atoms with van der Waals surface area (Å²) in [6, 6.07) is 17.0. The minimum Gasteiger partial charge on any atom is -0.478 e. The molecule has 2 aromatic carbocycles. The summed E-state index contributed by atoms with van der Waals surface area (Å²) in [4.78, 5) is 14.1. The van der Waals surface area contributed by atoms with Crippen molar-refractivity contribution in [3.05, 3.63) is 71.3 Å². The van der Waals surface area contributed by atoms with Crippen LogP contribution in [0.1, 0.15) is 18.4 Å². The zero-order valence-electron chi connectivity index (χ0n) is 14.5. The molecule has 2 aromatic rings. The van der Waals surface area contributed by atoms with Crippen LogP contribution in [0.25, 0.3) is 6.08 Å². The average Bonchev–Trinajstić information content (AvgIpc) is 2.66. The molecule has 3 rings (SSSR count). The Balaban J connectivity index is 1.58. The minimum absolute atomic E-state index is 0.449. The fraction of sp³-hybridized carbons (Fsp3) is 0.286. The average molecular weight is 372 g/mol. The molecule has 0 aliphatic carbocycles. The number of hydrogen-bond donors (Lipinski definition) is 1. The summed E-state index contributed by atoms with van der Waals surface area (Å²) in [6.45, 7) is 2.16. The Morgan fingerprint density at radius 1 is 1.12 bits per heavy atom. The highest BCUT2D eigenvalue weighted by atomic mass is 35.5. The summed E-state index contributed by atoms with van der Waals surface area (Å²) in [5, 5.41) is 10.3. The normalized spacial score (nSPS) is 17.3. The molecule has 1 aliphatic heterocycles. The Morgan fingerprint density at radius 2 is 1.77 bits per heavy atom. The molecule has 1 heterocycles. The zero-order chi connectivity index (χ0) is 18.4. The molecule has 0 radical (unpaired) electrons. The van der Waals surface area contributed by atoms with Crippen molar-refractivity contribution >= 4 is 23.6 Å². The lowest BCUT2D eigenvalue weighted by molar-refractivity contribution is -0.159. The Labute approximate surface area is 158 Å². The second-order valence-corrected chi connectivity index (χ2v) is 6.91. The SMILES string of the molecule is O=C(O)C1(Oc2ccc(Cl)cc2)CCN(C/C=C/c2ccccc2)CC1. The maximum atomic E-state index is 11.9. The molecule has 1 fully saturated rings. The first-order valence-electron chi connectivity index (χ1n) is 8.69. The van der Waals surface area contributed by atoms with Crippen LogP contribution in [0.15, 0.2) is 60.7 Å². The van der Waals surface area contributed by atoms with Gasteiger partial charge >= 0.3 is 5.97 Å². The number of ether oxygens (including phenoxy) is 1. The highest BCUT2D eigenvalue weighted by Gasteiger charge is 2.43. The molecule has 0 bridgehead atoms. The summed E-state index contributed by atoms with van der Waals surface area (Å²) >= 11 is 5.88. The number of hydrogen-bond acceptors (Lipinski definition) is 3. The standard InChI is InChI=1S/C21H22ClNO3/c22-18-8-10-19(11-9-18)26-21(20(24)25)12-15-23(16-13-21)14-4-7-17-5-2-1-3-6-17/h1-11H,12-16H2,(H,24,25)/b7-4+. The Kier molecular flexibility index (Phi) is 5.96. The fourth-order valence-electron chi connectivity index (χ4n) is 3.09. The Bertz CT molecular complexity index is 751. The van der Waals surface area contributed by atoms with Crippen molar-refractivity contribution in [3.63, 3.8) is 0 Å². The van der Waals surface area contributed by atoms with E-state index >= 15 is 0 Å². The van der Waals surface area contributed by atoms with Gasteiger partial charge in [0.05, 0.1) is 0 Å². The van der Waals surface area contributed by atoms with E-state index in [-0.39, 0.29) is 0 Å². The third kappa shape index (κ3) is 4.65. The third-order valence-corrected chi connectivity index (χ3v) is 4.91. The van der Waals surface area contributed by atoms with Crippen molar-refractivity contribution in [3.8, 4) is 5.75 Å². The number of aliphatic carboxylic acids is 1. The predicted octanol–water partition coefficient (Wildman–Crippen LogP) is 4.35. The maximum absolute atomic E-state index is 11.9. The number of rotatable bonds is 6. The molecule has 1 saturated heterocycles. The van der Waals surface area contributed by atoms with E-state index in [2.05, 4.69) is 29.2 Å². The van der Waals surface area contributed by atoms with E-state index in [9.17, 15) is 9.90 Å². The monoisotopic (exact) mass is 371 g/mol. The first-order valence-corrected chi connectivity index (χ1v) is 9.07. The highest BCUT2D eigenvalue weighted by molar-refractivity contribution is 6.30. The van der Waals surface area contributed by atoms with Crippen LogP contribution in [0.3, 0.4) is 0 Å². The molecule has 1 N–H and O–H groups in total. The number of halogens is 1. The smallest absolute Gasteiger partial charge is 0.348 e. The lowest BCUT2D eigenvalue weighted by atomic mass is 9.91. The van der Waals surface area contributed by atoms with Gasteiger partial charge in [-0.05, 0) is 29.8 Å². The molecular weight excluding hydrogens is 350 g/mol. The van der Waals surface area contributed by atoms with E-state index in [0.717, 1.165) is 12.1 Å². The molecule has 4 nitrogen and oxygen atoms in total. The maximum Gasteiger partial charge on any atom is 0.348 e. The topological polar surface area (TPSA) is 49.8 Å². The van der Waals surface area contributed by atoms with Crippen LogP contribution in [0, 0.1) is 0 Å². The summed E-state index contributed by atoms with van der Waals surface area (Å²) in [5.74, 6) is -0.374. The van der Waals surface area contributed by atoms with Crippen molar-refractivity contribution in [2.75, 3.05) is 19.6 Å². The molecule has 0 spiro atoms. The van der Waals surface area contributed by atoms with Crippen LogP contribution in [0.4, 0.5) is 0 Å². The lowest BCUT2D eigenvalue weighted by Gasteiger charge is -2.38.